The number of hydrogen-bond acceptors (Lipinski definition) is 3. The molecule has 0 fully saturated rings. The molecular weight excluding hydrogens is 407 g/mol. The molecule has 4 nitrogen and oxygen atoms in total. The van der Waals surface area contributed by atoms with E-state index < -0.39 is 0 Å². The molecule has 0 aliphatic carbocycles. The second-order valence-electron chi connectivity index (χ2n) is 7.03. The minimum absolute atomic E-state index is 0.284. The van der Waals surface area contributed by atoms with Crippen LogP contribution in [0.15, 0.2) is 48.9 Å². The van der Waals surface area contributed by atoms with Gasteiger partial charge in [-0.05, 0) is 59.9 Å². The average molecular weight is 431 g/mol. The van der Waals surface area contributed by atoms with Gasteiger partial charge in [0.2, 0.25) is 0 Å². The molecule has 0 radical (unpaired) electrons. The number of ether oxygens (including phenoxy) is 2. The summed E-state index contributed by atoms with van der Waals surface area (Å²) in [5, 5.41) is 5.64. The van der Waals surface area contributed by atoms with E-state index in [1.54, 1.807) is 30.2 Å². The zero-order chi connectivity index (χ0) is 21.0. The van der Waals surface area contributed by atoms with Crippen molar-refractivity contribution in [1.29, 1.82) is 0 Å². The molecule has 0 aliphatic rings. The Hall–Kier alpha value is -2.43. The fraction of sp³-hybridized carbons (Fsp3) is 0.261. The normalized spacial score (nSPS) is 11.4. The van der Waals surface area contributed by atoms with Gasteiger partial charge in [-0.3, -0.25) is 0 Å². The van der Waals surface area contributed by atoms with Gasteiger partial charge in [0.1, 0.15) is 18.0 Å². The maximum Gasteiger partial charge on any atom is 0.131 e. The predicted molar refractivity (Wildman–Crippen MR) is 119 cm³/mol. The SMILES string of the molecule is CO/C=C/c1ccc(OCc2c(C(C)C)cnn2-c2c(Cl)cccc2Cl)cc1C. The summed E-state index contributed by atoms with van der Waals surface area (Å²) in [4.78, 5) is 0. The smallest absolute Gasteiger partial charge is 0.131 e. The third kappa shape index (κ3) is 4.77. The van der Waals surface area contributed by atoms with Gasteiger partial charge in [0.05, 0.1) is 35.3 Å². The Balaban J connectivity index is 1.92. The van der Waals surface area contributed by atoms with Gasteiger partial charge in [0, 0.05) is 0 Å². The van der Waals surface area contributed by atoms with Crippen molar-refractivity contribution in [2.75, 3.05) is 7.11 Å². The number of rotatable bonds is 7. The summed E-state index contributed by atoms with van der Waals surface area (Å²) in [5.74, 6) is 1.07. The molecule has 0 atom stereocenters. The predicted octanol–water partition coefficient (Wildman–Crippen LogP) is 6.81. The third-order valence-electron chi connectivity index (χ3n) is 4.67. The first-order chi connectivity index (χ1) is 13.9. The Morgan fingerprint density at radius 3 is 2.48 bits per heavy atom. The molecule has 3 aromatic rings. The van der Waals surface area contributed by atoms with Crippen molar-refractivity contribution in [1.82, 2.24) is 9.78 Å². The largest absolute Gasteiger partial charge is 0.504 e. The molecule has 3 rings (SSSR count). The first-order valence-electron chi connectivity index (χ1n) is 9.36. The molecule has 29 heavy (non-hydrogen) atoms. The summed E-state index contributed by atoms with van der Waals surface area (Å²) in [6.07, 6.45) is 5.43. The van der Waals surface area contributed by atoms with E-state index in [1.807, 2.05) is 43.5 Å². The van der Waals surface area contributed by atoms with Gasteiger partial charge in [0.15, 0.2) is 0 Å². The molecule has 152 valence electrons. The van der Waals surface area contributed by atoms with Gasteiger partial charge in [-0.2, -0.15) is 5.10 Å². The van der Waals surface area contributed by atoms with E-state index in [2.05, 4.69) is 18.9 Å². The van der Waals surface area contributed by atoms with E-state index in [0.717, 1.165) is 28.1 Å². The quantitative estimate of drug-likeness (QED) is 0.386. The molecule has 1 heterocycles. The van der Waals surface area contributed by atoms with Crippen LogP contribution < -0.4 is 4.74 Å². The molecule has 1 aromatic heterocycles. The zero-order valence-electron chi connectivity index (χ0n) is 16.9. The van der Waals surface area contributed by atoms with Crippen molar-refractivity contribution in [3.8, 4) is 11.4 Å². The van der Waals surface area contributed by atoms with Crippen LogP contribution in [0.25, 0.3) is 11.8 Å². The summed E-state index contributed by atoms with van der Waals surface area (Å²) in [6.45, 7) is 6.64. The lowest BCUT2D eigenvalue weighted by Crippen LogP contribution is -2.09. The summed E-state index contributed by atoms with van der Waals surface area (Å²) in [6, 6.07) is 11.4. The Bertz CT molecular complexity index is 1010. The van der Waals surface area contributed by atoms with E-state index in [9.17, 15) is 0 Å². The highest BCUT2D eigenvalue weighted by atomic mass is 35.5. The van der Waals surface area contributed by atoms with Crippen LogP contribution in [0.5, 0.6) is 5.75 Å². The van der Waals surface area contributed by atoms with Gasteiger partial charge in [-0.15, -0.1) is 0 Å². The van der Waals surface area contributed by atoms with Crippen LogP contribution in [-0.4, -0.2) is 16.9 Å². The number of halogens is 2. The molecule has 0 N–H and O–H groups in total. The van der Waals surface area contributed by atoms with Crippen molar-refractivity contribution in [3.63, 3.8) is 0 Å². The van der Waals surface area contributed by atoms with Gasteiger partial charge in [-0.25, -0.2) is 4.68 Å². The number of para-hydroxylation sites is 1. The first-order valence-corrected chi connectivity index (χ1v) is 10.1. The fourth-order valence-electron chi connectivity index (χ4n) is 3.12. The van der Waals surface area contributed by atoms with Crippen LogP contribution in [0.3, 0.4) is 0 Å². The highest BCUT2D eigenvalue weighted by molar-refractivity contribution is 6.37. The molecule has 0 aliphatic heterocycles. The Labute approximate surface area is 181 Å². The summed E-state index contributed by atoms with van der Waals surface area (Å²) in [7, 11) is 1.63. The van der Waals surface area contributed by atoms with Crippen molar-refractivity contribution in [2.24, 2.45) is 0 Å². The second kappa shape index (κ2) is 9.38. The Kier molecular flexibility index (Phi) is 6.88. The molecular formula is C23H24Cl2N2O2. The van der Waals surface area contributed by atoms with E-state index in [0.29, 0.717) is 22.3 Å². The first kappa shape index (κ1) is 21.3. The number of benzene rings is 2. The van der Waals surface area contributed by atoms with Crippen molar-refractivity contribution in [2.45, 2.75) is 33.3 Å². The standard InChI is InChI=1S/C23H24Cl2N2O2/c1-15(2)19-13-26-27(23-20(24)6-5-7-21(23)25)22(19)14-29-18-9-8-17(10-11-28-4)16(3)12-18/h5-13,15H,14H2,1-4H3/b11-10+. The van der Waals surface area contributed by atoms with Crippen LogP contribution in [0.2, 0.25) is 10.0 Å². The highest BCUT2D eigenvalue weighted by Crippen LogP contribution is 2.32. The van der Waals surface area contributed by atoms with Crippen LogP contribution in [-0.2, 0) is 11.3 Å². The van der Waals surface area contributed by atoms with Crippen molar-refractivity contribution >= 4 is 29.3 Å². The fourth-order valence-corrected chi connectivity index (χ4v) is 3.67. The second-order valence-corrected chi connectivity index (χ2v) is 7.84. The van der Waals surface area contributed by atoms with Crippen LogP contribution in [0.4, 0.5) is 0 Å². The maximum absolute atomic E-state index is 6.42. The van der Waals surface area contributed by atoms with E-state index >= 15 is 0 Å². The lowest BCUT2D eigenvalue weighted by molar-refractivity contribution is 0.295. The molecule has 0 spiro atoms. The van der Waals surface area contributed by atoms with Crippen LogP contribution >= 0.6 is 23.2 Å². The van der Waals surface area contributed by atoms with Gasteiger partial charge >= 0.3 is 0 Å². The monoisotopic (exact) mass is 430 g/mol. The summed E-state index contributed by atoms with van der Waals surface area (Å²) < 4.78 is 12.9. The number of aromatic nitrogens is 2. The minimum Gasteiger partial charge on any atom is -0.504 e. The van der Waals surface area contributed by atoms with Gasteiger partial charge in [0.25, 0.3) is 0 Å². The molecule has 0 saturated carbocycles. The summed E-state index contributed by atoms with van der Waals surface area (Å²) in [5.41, 5.74) is 4.86. The molecule has 0 saturated heterocycles. The lowest BCUT2D eigenvalue weighted by atomic mass is 10.0. The highest BCUT2D eigenvalue weighted by Gasteiger charge is 2.19. The molecule has 0 bridgehead atoms. The van der Waals surface area contributed by atoms with Crippen LogP contribution in [0, 0.1) is 6.92 Å². The topological polar surface area (TPSA) is 36.3 Å². The number of methoxy groups -OCH3 is 1. The number of nitrogens with zero attached hydrogens (tertiary/aromatic N) is 2. The molecule has 0 unspecified atom stereocenters. The Morgan fingerprint density at radius 1 is 1.14 bits per heavy atom. The maximum atomic E-state index is 6.42. The van der Waals surface area contributed by atoms with E-state index in [4.69, 9.17) is 32.7 Å². The van der Waals surface area contributed by atoms with E-state index in [1.165, 1.54) is 0 Å². The molecule has 0 amide bonds. The molecule has 6 heteroatoms. The van der Waals surface area contributed by atoms with Crippen molar-refractivity contribution in [3.05, 3.63) is 81.3 Å². The average Bonchev–Trinajstić information content (AvgIpc) is 3.09. The van der Waals surface area contributed by atoms with E-state index in [-0.39, 0.29) is 5.92 Å². The number of hydrogen-bond donors (Lipinski definition) is 0. The zero-order valence-corrected chi connectivity index (χ0v) is 18.5. The minimum atomic E-state index is 0.284. The van der Waals surface area contributed by atoms with Gasteiger partial charge < -0.3 is 9.47 Å². The number of aryl methyl sites for hydroxylation is 1. The van der Waals surface area contributed by atoms with Crippen LogP contribution in [0.1, 0.15) is 42.1 Å². The molecule has 2 aromatic carbocycles. The lowest BCUT2D eigenvalue weighted by Gasteiger charge is -2.15. The Morgan fingerprint density at radius 2 is 1.86 bits per heavy atom. The summed E-state index contributed by atoms with van der Waals surface area (Å²) >= 11 is 12.8. The van der Waals surface area contributed by atoms with Crippen molar-refractivity contribution < 1.29 is 9.47 Å². The van der Waals surface area contributed by atoms with Gasteiger partial charge in [-0.1, -0.05) is 49.2 Å². The third-order valence-corrected chi connectivity index (χ3v) is 5.28.